The van der Waals surface area contributed by atoms with Crippen molar-refractivity contribution in [2.75, 3.05) is 18.0 Å². The SMILES string of the molecule is CCCCN(CCCC)c1ccc(-c2nc3ccccc3n2[C@H](C)C(=O)O[C@@H]2C[C@H](C)CCC2C(C)C)cc1. The number of carbonyl (C=O) groups is 1. The molecule has 0 amide bonds. The minimum Gasteiger partial charge on any atom is -0.461 e. The summed E-state index contributed by atoms with van der Waals surface area (Å²) in [6.45, 7) is 15.4. The molecular formula is C34H49N3O2. The summed E-state index contributed by atoms with van der Waals surface area (Å²) in [7, 11) is 0. The summed E-state index contributed by atoms with van der Waals surface area (Å²) in [5.74, 6) is 2.17. The van der Waals surface area contributed by atoms with Gasteiger partial charge in [-0.15, -0.1) is 0 Å². The van der Waals surface area contributed by atoms with Gasteiger partial charge < -0.3 is 14.2 Å². The third kappa shape index (κ3) is 6.85. The van der Waals surface area contributed by atoms with Gasteiger partial charge in [-0.25, -0.2) is 9.78 Å². The van der Waals surface area contributed by atoms with Gasteiger partial charge in [-0.1, -0.05) is 66.0 Å². The lowest BCUT2D eigenvalue weighted by molar-refractivity contribution is -0.159. The Balaban J connectivity index is 1.63. The fourth-order valence-corrected chi connectivity index (χ4v) is 6.13. The van der Waals surface area contributed by atoms with E-state index in [9.17, 15) is 4.79 Å². The molecular weight excluding hydrogens is 482 g/mol. The number of hydrogen-bond donors (Lipinski definition) is 0. The fraction of sp³-hybridized carbons (Fsp3) is 0.588. The highest BCUT2D eigenvalue weighted by atomic mass is 16.5. The molecule has 1 fully saturated rings. The van der Waals surface area contributed by atoms with Crippen LogP contribution >= 0.6 is 0 Å². The number of ether oxygens (including phenoxy) is 1. The Labute approximate surface area is 236 Å². The van der Waals surface area contributed by atoms with Gasteiger partial charge in [-0.05, 0) is 86.8 Å². The second-order valence-corrected chi connectivity index (χ2v) is 12.0. The van der Waals surface area contributed by atoms with Crippen LogP contribution in [-0.4, -0.2) is 34.7 Å². The molecule has 0 saturated heterocycles. The van der Waals surface area contributed by atoms with Crippen LogP contribution < -0.4 is 4.90 Å². The predicted molar refractivity (Wildman–Crippen MR) is 163 cm³/mol. The normalized spacial score (nSPS) is 20.3. The van der Waals surface area contributed by atoms with E-state index in [4.69, 9.17) is 9.72 Å². The maximum atomic E-state index is 13.7. The number of fused-ring (bicyclic) bond motifs is 1. The summed E-state index contributed by atoms with van der Waals surface area (Å²) in [6.07, 6.45) is 8.05. The van der Waals surface area contributed by atoms with Crippen LogP contribution in [0.4, 0.5) is 5.69 Å². The van der Waals surface area contributed by atoms with Crippen LogP contribution in [-0.2, 0) is 9.53 Å². The zero-order valence-corrected chi connectivity index (χ0v) is 25.0. The topological polar surface area (TPSA) is 47.4 Å². The zero-order valence-electron chi connectivity index (χ0n) is 25.0. The molecule has 5 heteroatoms. The van der Waals surface area contributed by atoms with Crippen molar-refractivity contribution in [1.82, 2.24) is 9.55 Å². The van der Waals surface area contributed by atoms with Crippen LogP contribution in [0.15, 0.2) is 48.5 Å². The second kappa shape index (κ2) is 13.5. The number of unbranched alkanes of at least 4 members (excludes halogenated alkanes) is 2. The van der Waals surface area contributed by atoms with E-state index in [1.165, 1.54) is 37.8 Å². The van der Waals surface area contributed by atoms with Crippen LogP contribution in [0.3, 0.4) is 0 Å². The lowest BCUT2D eigenvalue weighted by atomic mass is 9.75. The van der Waals surface area contributed by atoms with Crippen LogP contribution in [0, 0.1) is 17.8 Å². The summed E-state index contributed by atoms with van der Waals surface area (Å²) >= 11 is 0. The maximum absolute atomic E-state index is 13.7. The second-order valence-electron chi connectivity index (χ2n) is 12.0. The molecule has 1 saturated carbocycles. The number of esters is 1. The van der Waals surface area contributed by atoms with Gasteiger partial charge in [0.25, 0.3) is 0 Å². The van der Waals surface area contributed by atoms with Gasteiger partial charge in [0.1, 0.15) is 18.0 Å². The maximum Gasteiger partial charge on any atom is 0.329 e. The quantitative estimate of drug-likeness (QED) is 0.219. The summed E-state index contributed by atoms with van der Waals surface area (Å²) in [5.41, 5.74) is 4.13. The number of aromatic nitrogens is 2. The van der Waals surface area contributed by atoms with Crippen LogP contribution in [0.5, 0.6) is 0 Å². The van der Waals surface area contributed by atoms with Gasteiger partial charge in [0.05, 0.1) is 11.0 Å². The molecule has 5 nitrogen and oxygen atoms in total. The predicted octanol–water partition coefficient (Wildman–Crippen LogP) is 8.67. The molecule has 2 aromatic carbocycles. The van der Waals surface area contributed by atoms with Crippen molar-refractivity contribution in [2.24, 2.45) is 17.8 Å². The molecule has 0 aliphatic heterocycles. The zero-order chi connectivity index (χ0) is 27.9. The Hall–Kier alpha value is -2.82. The minimum atomic E-state index is -0.470. The number of anilines is 1. The Bertz CT molecular complexity index is 1190. The van der Waals surface area contributed by atoms with Crippen LogP contribution in [0.25, 0.3) is 22.4 Å². The van der Waals surface area contributed by atoms with Crippen molar-refractivity contribution in [3.63, 3.8) is 0 Å². The first-order valence-electron chi connectivity index (χ1n) is 15.4. The molecule has 0 spiro atoms. The number of benzene rings is 2. The number of carbonyl (C=O) groups excluding carboxylic acids is 1. The lowest BCUT2D eigenvalue weighted by Crippen LogP contribution is -2.37. The smallest absolute Gasteiger partial charge is 0.329 e. The summed E-state index contributed by atoms with van der Waals surface area (Å²) < 4.78 is 8.37. The third-order valence-corrected chi connectivity index (χ3v) is 8.61. The van der Waals surface area contributed by atoms with Crippen molar-refractivity contribution in [3.05, 3.63) is 48.5 Å². The molecule has 1 heterocycles. The van der Waals surface area contributed by atoms with Crippen molar-refractivity contribution in [2.45, 2.75) is 98.6 Å². The van der Waals surface area contributed by atoms with Gasteiger partial charge >= 0.3 is 5.97 Å². The Morgan fingerprint density at radius 2 is 1.67 bits per heavy atom. The summed E-state index contributed by atoms with van der Waals surface area (Å²) in [4.78, 5) is 21.2. The molecule has 3 aromatic rings. The molecule has 0 N–H and O–H groups in total. The van der Waals surface area contributed by atoms with E-state index in [1.54, 1.807) is 0 Å². The number of para-hydroxylation sites is 2. The molecule has 4 rings (SSSR count). The van der Waals surface area contributed by atoms with Gasteiger partial charge in [-0.2, -0.15) is 0 Å². The molecule has 1 aromatic heterocycles. The first-order chi connectivity index (χ1) is 18.8. The lowest BCUT2D eigenvalue weighted by Gasteiger charge is -2.37. The summed E-state index contributed by atoms with van der Waals surface area (Å²) in [6, 6.07) is 16.4. The van der Waals surface area contributed by atoms with E-state index in [0.717, 1.165) is 48.4 Å². The molecule has 212 valence electrons. The van der Waals surface area contributed by atoms with Crippen molar-refractivity contribution >= 4 is 22.7 Å². The Morgan fingerprint density at radius 3 is 2.31 bits per heavy atom. The van der Waals surface area contributed by atoms with Gasteiger partial charge in [-0.3, -0.25) is 0 Å². The minimum absolute atomic E-state index is 0.0153. The van der Waals surface area contributed by atoms with Crippen molar-refractivity contribution in [3.8, 4) is 11.4 Å². The Kier molecular flexibility index (Phi) is 10.1. The largest absolute Gasteiger partial charge is 0.461 e. The van der Waals surface area contributed by atoms with E-state index < -0.39 is 6.04 Å². The van der Waals surface area contributed by atoms with E-state index in [2.05, 4.69) is 74.4 Å². The average molecular weight is 532 g/mol. The first-order valence-corrected chi connectivity index (χ1v) is 15.4. The molecule has 1 unspecified atom stereocenters. The molecule has 39 heavy (non-hydrogen) atoms. The number of hydrogen-bond acceptors (Lipinski definition) is 4. The third-order valence-electron chi connectivity index (χ3n) is 8.61. The van der Waals surface area contributed by atoms with Crippen LogP contribution in [0.2, 0.25) is 0 Å². The molecule has 4 atom stereocenters. The van der Waals surface area contributed by atoms with E-state index in [0.29, 0.717) is 17.8 Å². The number of imidazole rings is 1. The average Bonchev–Trinajstić information content (AvgIpc) is 3.32. The molecule has 0 bridgehead atoms. The number of nitrogens with zero attached hydrogens (tertiary/aromatic N) is 3. The van der Waals surface area contributed by atoms with E-state index in [1.807, 2.05) is 25.1 Å². The van der Waals surface area contributed by atoms with Crippen molar-refractivity contribution < 1.29 is 9.53 Å². The molecule has 1 aliphatic carbocycles. The standard InChI is InChI=1S/C34H49N3O2/c1-7-9-21-36(22-10-8-2)28-18-16-27(17-19-28)33-35-30-13-11-12-14-31(30)37(33)26(6)34(38)39-32-23-25(5)15-20-29(32)24(3)4/h11-14,16-19,24-26,29,32H,7-10,15,20-23H2,1-6H3/t25-,26-,29?,32-/m1/s1. The highest BCUT2D eigenvalue weighted by Gasteiger charge is 2.35. The number of rotatable bonds is 12. The van der Waals surface area contributed by atoms with E-state index >= 15 is 0 Å². The highest BCUT2D eigenvalue weighted by molar-refractivity contribution is 5.85. The highest BCUT2D eigenvalue weighted by Crippen LogP contribution is 2.37. The van der Waals surface area contributed by atoms with E-state index in [-0.39, 0.29) is 12.1 Å². The molecule has 1 aliphatic rings. The van der Waals surface area contributed by atoms with Crippen LogP contribution in [0.1, 0.15) is 92.5 Å². The first kappa shape index (κ1) is 29.2. The molecule has 0 radical (unpaired) electrons. The fourth-order valence-electron chi connectivity index (χ4n) is 6.13. The Morgan fingerprint density at radius 1 is 1.00 bits per heavy atom. The monoisotopic (exact) mass is 531 g/mol. The van der Waals surface area contributed by atoms with Gasteiger partial charge in [0, 0.05) is 24.3 Å². The van der Waals surface area contributed by atoms with Gasteiger partial charge in [0.15, 0.2) is 0 Å². The van der Waals surface area contributed by atoms with Crippen molar-refractivity contribution in [1.29, 1.82) is 0 Å². The summed E-state index contributed by atoms with van der Waals surface area (Å²) in [5, 5.41) is 0. The van der Waals surface area contributed by atoms with Gasteiger partial charge in [0.2, 0.25) is 0 Å².